The van der Waals surface area contributed by atoms with E-state index in [-0.39, 0.29) is 0 Å². The highest BCUT2D eigenvalue weighted by molar-refractivity contribution is 5.90. The zero-order valence-electron chi connectivity index (χ0n) is 30.2. The van der Waals surface area contributed by atoms with Gasteiger partial charge in [0.1, 0.15) is 0 Å². The first-order chi connectivity index (χ1) is 26.7. The van der Waals surface area contributed by atoms with Crippen molar-refractivity contribution in [3.8, 4) is 22.3 Å². The summed E-state index contributed by atoms with van der Waals surface area (Å²) in [6.07, 6.45) is 30.1. The zero-order valence-corrected chi connectivity index (χ0v) is 30.2. The maximum Gasteiger partial charge on any atom is 0.0401 e. The van der Waals surface area contributed by atoms with Crippen molar-refractivity contribution < 1.29 is 0 Å². The third-order valence-electron chi connectivity index (χ3n) is 10.4. The van der Waals surface area contributed by atoms with Crippen molar-refractivity contribution in [1.82, 2.24) is 26.6 Å². The number of benzene rings is 4. The van der Waals surface area contributed by atoms with E-state index in [9.17, 15) is 0 Å². The quantitative estimate of drug-likeness (QED) is 0.127. The van der Waals surface area contributed by atoms with Gasteiger partial charge in [-0.25, -0.2) is 0 Å². The van der Waals surface area contributed by atoms with Crippen molar-refractivity contribution in [2.45, 2.75) is 0 Å². The van der Waals surface area contributed by atoms with Crippen LogP contribution in [-0.4, -0.2) is 32.7 Å². The summed E-state index contributed by atoms with van der Waals surface area (Å²) in [6.45, 7) is 4.11. The van der Waals surface area contributed by atoms with Crippen LogP contribution in [0.1, 0.15) is 33.4 Å². The first kappa shape index (κ1) is 33.1. The van der Waals surface area contributed by atoms with E-state index in [0.29, 0.717) is 0 Å². The van der Waals surface area contributed by atoms with Gasteiger partial charge < -0.3 is 26.6 Å². The number of rotatable bonds is 8. The Labute approximate surface area is 318 Å². The van der Waals surface area contributed by atoms with Crippen LogP contribution in [0, 0.1) is 0 Å². The molecule has 0 radical (unpaired) electrons. The molecule has 0 aromatic heterocycles. The number of nitrogens with one attached hydrogen (secondary N) is 5. The molecule has 0 fully saturated rings. The summed E-state index contributed by atoms with van der Waals surface area (Å²) in [5, 5.41) is 17.1. The van der Waals surface area contributed by atoms with E-state index in [0.717, 1.165) is 32.7 Å². The van der Waals surface area contributed by atoms with Crippen LogP contribution in [-0.2, 0) is 0 Å². The SMILES string of the molecule is C1=CNCC(c2cc(C3=CNCC=C3)cc(-c3cccc(C4=CNCC(c5cccc(-c6cc(C7=CNCC=C7)cc(C7=CC=CNC7)c6)c5)=C4)c3)c2)=C1. The summed E-state index contributed by atoms with van der Waals surface area (Å²) in [5.74, 6) is 0. The Hall–Kier alpha value is -6.72. The number of dihydropyridines is 5. The molecule has 0 unspecified atom stereocenters. The summed E-state index contributed by atoms with van der Waals surface area (Å²) in [6, 6.07) is 31.8. The molecule has 5 heterocycles. The molecule has 264 valence electrons. The van der Waals surface area contributed by atoms with Gasteiger partial charge in [0.25, 0.3) is 0 Å². The standard InChI is InChI=1S/C49H43N5/c1-7-34(42-21-44(38-11-3-15-50-28-38)25-45(22-42)39-12-4-16-51-29-39)19-36(9-1)48-27-49(33-54-32-48)37-10-2-8-35(20-37)43-23-46(40-13-5-17-52-30-40)26-47(24-43)41-14-6-18-53-31-41/h1-15,17,19-27,29,31-32,50-54H,16,18,28,30,33H2. The normalized spacial score (nSPS) is 17.3. The predicted octanol–water partition coefficient (Wildman–Crippen LogP) is 9.05. The highest BCUT2D eigenvalue weighted by Gasteiger charge is 2.16. The molecule has 0 amide bonds. The Morgan fingerprint density at radius 3 is 1.37 bits per heavy atom. The fourth-order valence-electron chi connectivity index (χ4n) is 7.59. The van der Waals surface area contributed by atoms with Crippen LogP contribution in [0.5, 0.6) is 0 Å². The van der Waals surface area contributed by atoms with Crippen LogP contribution < -0.4 is 26.6 Å². The molecule has 0 saturated carbocycles. The lowest BCUT2D eigenvalue weighted by atomic mass is 9.90. The Balaban J connectivity index is 1.04. The highest BCUT2D eigenvalue weighted by Crippen LogP contribution is 2.35. The molecule has 5 aliphatic heterocycles. The molecular weight excluding hydrogens is 659 g/mol. The van der Waals surface area contributed by atoms with Gasteiger partial charge in [0.05, 0.1) is 0 Å². The van der Waals surface area contributed by atoms with E-state index >= 15 is 0 Å². The number of hydrogen-bond acceptors (Lipinski definition) is 5. The van der Waals surface area contributed by atoms with Gasteiger partial charge in [0.15, 0.2) is 0 Å². The smallest absolute Gasteiger partial charge is 0.0401 e. The predicted molar refractivity (Wildman–Crippen MR) is 228 cm³/mol. The minimum absolute atomic E-state index is 0.770. The van der Waals surface area contributed by atoms with Crippen molar-refractivity contribution >= 4 is 33.4 Å². The largest absolute Gasteiger partial charge is 0.387 e. The van der Waals surface area contributed by atoms with Crippen LogP contribution in [0.2, 0.25) is 0 Å². The van der Waals surface area contributed by atoms with Crippen LogP contribution in [0.4, 0.5) is 0 Å². The molecular formula is C49H43N5. The molecule has 4 aromatic rings. The molecule has 9 rings (SSSR count). The fourth-order valence-corrected chi connectivity index (χ4v) is 7.59. The molecule has 0 saturated heterocycles. The van der Waals surface area contributed by atoms with Crippen molar-refractivity contribution in [2.75, 3.05) is 32.7 Å². The molecule has 0 spiro atoms. The maximum absolute atomic E-state index is 3.59. The minimum atomic E-state index is 0.770. The van der Waals surface area contributed by atoms with Gasteiger partial charge in [-0.15, -0.1) is 0 Å². The summed E-state index contributed by atoms with van der Waals surface area (Å²) >= 11 is 0. The van der Waals surface area contributed by atoms with Gasteiger partial charge in [-0.3, -0.25) is 0 Å². The van der Waals surface area contributed by atoms with Gasteiger partial charge in [0, 0.05) is 51.3 Å². The Morgan fingerprint density at radius 2 is 0.833 bits per heavy atom. The number of allylic oxidation sites excluding steroid dienone is 10. The molecule has 4 aromatic carbocycles. The molecule has 0 atom stereocenters. The highest BCUT2D eigenvalue weighted by atomic mass is 14.8. The Morgan fingerprint density at radius 1 is 0.370 bits per heavy atom. The van der Waals surface area contributed by atoms with Crippen molar-refractivity contribution in [2.24, 2.45) is 0 Å². The van der Waals surface area contributed by atoms with E-state index in [1.807, 2.05) is 12.4 Å². The fraction of sp³-hybridized carbons (Fsp3) is 0.102. The number of hydrogen-bond donors (Lipinski definition) is 5. The van der Waals surface area contributed by atoms with Crippen molar-refractivity contribution in [1.29, 1.82) is 0 Å². The monoisotopic (exact) mass is 701 g/mol. The van der Waals surface area contributed by atoms with Crippen molar-refractivity contribution in [3.05, 3.63) is 204 Å². The lowest BCUT2D eigenvalue weighted by Crippen LogP contribution is -2.14. The van der Waals surface area contributed by atoms with Crippen LogP contribution in [0.3, 0.4) is 0 Å². The molecule has 5 heteroatoms. The van der Waals surface area contributed by atoms with E-state index in [2.05, 4.69) is 185 Å². The van der Waals surface area contributed by atoms with Gasteiger partial charge in [-0.2, -0.15) is 0 Å². The third-order valence-corrected chi connectivity index (χ3v) is 10.4. The molecule has 0 aliphatic carbocycles. The topological polar surface area (TPSA) is 60.1 Å². The van der Waals surface area contributed by atoms with E-state index in [1.54, 1.807) is 0 Å². The van der Waals surface area contributed by atoms with Gasteiger partial charge >= 0.3 is 0 Å². The zero-order chi connectivity index (χ0) is 36.1. The van der Waals surface area contributed by atoms with Gasteiger partial charge in [-0.1, -0.05) is 72.9 Å². The molecule has 5 aliphatic rings. The minimum Gasteiger partial charge on any atom is -0.387 e. The Kier molecular flexibility index (Phi) is 9.26. The molecule has 5 nitrogen and oxygen atoms in total. The molecule has 54 heavy (non-hydrogen) atoms. The maximum atomic E-state index is 3.59. The summed E-state index contributed by atoms with van der Waals surface area (Å²) in [4.78, 5) is 0. The summed E-state index contributed by atoms with van der Waals surface area (Å²) in [5.41, 5.74) is 19.5. The van der Waals surface area contributed by atoms with Crippen LogP contribution >= 0.6 is 0 Å². The lowest BCUT2D eigenvalue weighted by molar-refractivity contribution is 0.976. The first-order valence-corrected chi connectivity index (χ1v) is 18.8. The van der Waals surface area contributed by atoms with E-state index < -0.39 is 0 Å². The Bertz CT molecular complexity index is 2440. The second-order valence-corrected chi connectivity index (χ2v) is 14.1. The van der Waals surface area contributed by atoms with Gasteiger partial charge in [-0.05, 0) is 168 Å². The van der Waals surface area contributed by atoms with E-state index in [1.165, 1.54) is 89.1 Å². The van der Waals surface area contributed by atoms with Crippen LogP contribution in [0.25, 0.3) is 55.7 Å². The third kappa shape index (κ3) is 7.17. The lowest BCUT2D eigenvalue weighted by Gasteiger charge is -2.19. The average molecular weight is 702 g/mol. The molecule has 0 bridgehead atoms. The summed E-state index contributed by atoms with van der Waals surface area (Å²) in [7, 11) is 0. The van der Waals surface area contributed by atoms with E-state index in [4.69, 9.17) is 0 Å². The second kappa shape index (κ2) is 15.1. The second-order valence-electron chi connectivity index (χ2n) is 14.1. The first-order valence-electron chi connectivity index (χ1n) is 18.8. The summed E-state index contributed by atoms with van der Waals surface area (Å²) < 4.78 is 0. The van der Waals surface area contributed by atoms with Gasteiger partial charge in [0.2, 0.25) is 0 Å². The van der Waals surface area contributed by atoms with Crippen molar-refractivity contribution in [3.63, 3.8) is 0 Å². The average Bonchev–Trinajstić information content (AvgIpc) is 3.27. The molecule has 5 N–H and O–H groups in total. The van der Waals surface area contributed by atoms with Crippen LogP contribution in [0.15, 0.2) is 171 Å².